The molecule has 0 unspecified atom stereocenters. The van der Waals surface area contributed by atoms with Crippen LogP contribution in [0.5, 0.6) is 0 Å². The van der Waals surface area contributed by atoms with E-state index in [1.165, 1.54) is 5.56 Å². The highest BCUT2D eigenvalue weighted by atomic mass is 35.5. The van der Waals surface area contributed by atoms with Crippen molar-refractivity contribution in [3.8, 4) is 0 Å². The van der Waals surface area contributed by atoms with Gasteiger partial charge >= 0.3 is 0 Å². The van der Waals surface area contributed by atoms with E-state index in [1.807, 2.05) is 23.1 Å². The largest absolute Gasteiger partial charge is 0.550 e. The van der Waals surface area contributed by atoms with E-state index in [4.69, 9.17) is 11.6 Å². The first-order valence-electron chi connectivity index (χ1n) is 9.46. The molecule has 4 atom stereocenters. The summed E-state index contributed by atoms with van der Waals surface area (Å²) in [6, 6.07) is 5.86. The number of benzene rings is 1. The van der Waals surface area contributed by atoms with Gasteiger partial charge in [0.25, 0.3) is 0 Å². The zero-order valence-corrected chi connectivity index (χ0v) is 15.7. The highest BCUT2D eigenvalue weighted by molar-refractivity contribution is 6.30. The molecule has 0 N–H and O–H groups in total. The van der Waals surface area contributed by atoms with Crippen LogP contribution in [0, 0.1) is 30.6 Å². The van der Waals surface area contributed by atoms with Gasteiger partial charge in [-0.05, 0) is 55.7 Å². The summed E-state index contributed by atoms with van der Waals surface area (Å²) in [7, 11) is 0. The second kappa shape index (κ2) is 6.76. The Morgan fingerprint density at radius 1 is 1.08 bits per heavy atom. The van der Waals surface area contributed by atoms with Gasteiger partial charge in [0, 0.05) is 54.7 Å². The van der Waals surface area contributed by atoms with Crippen LogP contribution in [0.2, 0.25) is 5.02 Å². The SMILES string of the molecule is Cc1ccc(Cl)cc1N1CCN(C(=O)[C@H]2[C@@H]3CC[C@@H](C3)[C@@H]2C(=O)[O-])CC1. The van der Waals surface area contributed by atoms with Crippen LogP contribution in [0.1, 0.15) is 24.8 Å². The summed E-state index contributed by atoms with van der Waals surface area (Å²) in [5, 5.41) is 12.3. The predicted molar refractivity (Wildman–Crippen MR) is 97.8 cm³/mol. The maximum atomic E-state index is 13.1. The second-order valence-electron chi connectivity index (χ2n) is 7.95. The summed E-state index contributed by atoms with van der Waals surface area (Å²) in [5.41, 5.74) is 2.27. The van der Waals surface area contributed by atoms with Gasteiger partial charge in [-0.15, -0.1) is 0 Å². The Hall–Kier alpha value is -1.75. The molecular formula is C20H24ClN2O3-. The summed E-state index contributed by atoms with van der Waals surface area (Å²) >= 11 is 6.13. The highest BCUT2D eigenvalue weighted by Crippen LogP contribution is 2.52. The molecule has 0 aromatic heterocycles. The summed E-state index contributed by atoms with van der Waals surface area (Å²) in [5.74, 6) is -1.62. The number of carbonyl (C=O) groups is 2. The minimum absolute atomic E-state index is 0.0221. The third-order valence-electron chi connectivity index (χ3n) is 6.58. The Kier molecular flexibility index (Phi) is 4.59. The number of carbonyl (C=O) groups excluding carboxylic acids is 2. The number of aliphatic carboxylic acids is 1. The average molecular weight is 376 g/mol. The lowest BCUT2D eigenvalue weighted by Gasteiger charge is -2.40. The molecule has 6 heteroatoms. The number of amides is 1. The molecule has 1 saturated heterocycles. The summed E-state index contributed by atoms with van der Waals surface area (Å²) in [6.07, 6.45) is 2.78. The first-order chi connectivity index (χ1) is 12.5. The third-order valence-corrected chi connectivity index (χ3v) is 6.81. The van der Waals surface area contributed by atoms with Crippen molar-refractivity contribution in [2.75, 3.05) is 31.1 Å². The Morgan fingerprint density at radius 2 is 1.73 bits per heavy atom. The minimum Gasteiger partial charge on any atom is -0.550 e. The Labute approximate surface area is 158 Å². The zero-order chi connectivity index (χ0) is 18.4. The molecular weight excluding hydrogens is 352 g/mol. The summed E-state index contributed by atoms with van der Waals surface area (Å²) < 4.78 is 0. The van der Waals surface area contributed by atoms with Crippen molar-refractivity contribution in [2.24, 2.45) is 23.7 Å². The highest BCUT2D eigenvalue weighted by Gasteiger charge is 2.52. The number of piperazine rings is 1. The average Bonchev–Trinajstić information content (AvgIpc) is 3.24. The number of aryl methyl sites for hydroxylation is 1. The van der Waals surface area contributed by atoms with Crippen LogP contribution in [-0.2, 0) is 9.59 Å². The Morgan fingerprint density at radius 3 is 2.38 bits per heavy atom. The van der Waals surface area contributed by atoms with Crippen LogP contribution in [0.15, 0.2) is 18.2 Å². The number of halogens is 1. The van der Waals surface area contributed by atoms with Gasteiger partial charge in [0.2, 0.25) is 5.91 Å². The molecule has 1 amide bonds. The molecule has 0 radical (unpaired) electrons. The maximum absolute atomic E-state index is 13.1. The van der Waals surface area contributed by atoms with Crippen molar-refractivity contribution in [3.63, 3.8) is 0 Å². The fourth-order valence-electron chi connectivity index (χ4n) is 5.29. The van der Waals surface area contributed by atoms with Gasteiger partial charge in [-0.2, -0.15) is 0 Å². The van der Waals surface area contributed by atoms with Crippen LogP contribution < -0.4 is 10.0 Å². The molecule has 1 aromatic rings. The number of anilines is 1. The number of fused-ring (bicyclic) bond motifs is 2. The van der Waals surface area contributed by atoms with Crippen molar-refractivity contribution >= 4 is 29.2 Å². The van der Waals surface area contributed by atoms with Gasteiger partial charge in [0.05, 0.1) is 0 Å². The molecule has 1 aromatic carbocycles. The van der Waals surface area contributed by atoms with Crippen molar-refractivity contribution in [3.05, 3.63) is 28.8 Å². The molecule has 26 heavy (non-hydrogen) atoms. The van der Waals surface area contributed by atoms with Crippen molar-refractivity contribution in [2.45, 2.75) is 26.2 Å². The number of nitrogens with zero attached hydrogens (tertiary/aromatic N) is 2. The number of rotatable bonds is 3. The molecule has 2 aliphatic carbocycles. The quantitative estimate of drug-likeness (QED) is 0.806. The van der Waals surface area contributed by atoms with E-state index in [0.29, 0.717) is 18.1 Å². The van der Waals surface area contributed by atoms with Gasteiger partial charge in [-0.25, -0.2) is 0 Å². The second-order valence-corrected chi connectivity index (χ2v) is 8.38. The van der Waals surface area contributed by atoms with E-state index in [0.717, 1.165) is 38.0 Å². The van der Waals surface area contributed by atoms with Crippen LogP contribution >= 0.6 is 11.6 Å². The van der Waals surface area contributed by atoms with Crippen LogP contribution in [0.4, 0.5) is 5.69 Å². The van der Waals surface area contributed by atoms with E-state index in [1.54, 1.807) is 0 Å². The molecule has 3 aliphatic rings. The van der Waals surface area contributed by atoms with Gasteiger partial charge in [0.1, 0.15) is 0 Å². The molecule has 3 fully saturated rings. The summed E-state index contributed by atoms with van der Waals surface area (Å²) in [6.45, 7) is 4.78. The number of carboxylic acid groups (broad SMARTS) is 1. The Bertz CT molecular complexity index is 730. The van der Waals surface area contributed by atoms with Crippen LogP contribution in [0.3, 0.4) is 0 Å². The molecule has 140 valence electrons. The normalized spacial score (nSPS) is 30.7. The van der Waals surface area contributed by atoms with Crippen molar-refractivity contribution in [1.82, 2.24) is 4.90 Å². The maximum Gasteiger partial charge on any atom is 0.226 e. The number of carboxylic acids is 1. The predicted octanol–water partition coefficient (Wildman–Crippen LogP) is 1.71. The molecule has 2 bridgehead atoms. The lowest BCUT2D eigenvalue weighted by atomic mass is 9.78. The van der Waals surface area contributed by atoms with Gasteiger partial charge in [0.15, 0.2) is 0 Å². The van der Waals surface area contributed by atoms with E-state index in [2.05, 4.69) is 11.8 Å². The van der Waals surface area contributed by atoms with Crippen molar-refractivity contribution in [1.29, 1.82) is 0 Å². The van der Waals surface area contributed by atoms with E-state index >= 15 is 0 Å². The number of hydrogen-bond donors (Lipinski definition) is 0. The molecule has 0 spiro atoms. The van der Waals surface area contributed by atoms with Gasteiger partial charge in [-0.1, -0.05) is 17.7 Å². The zero-order valence-electron chi connectivity index (χ0n) is 15.0. The van der Waals surface area contributed by atoms with E-state index in [9.17, 15) is 14.7 Å². The molecule has 1 heterocycles. The number of hydrogen-bond acceptors (Lipinski definition) is 4. The lowest BCUT2D eigenvalue weighted by Crippen LogP contribution is -2.53. The van der Waals surface area contributed by atoms with E-state index in [-0.39, 0.29) is 23.7 Å². The molecule has 1 aliphatic heterocycles. The fraction of sp³-hybridized carbons (Fsp3) is 0.600. The minimum atomic E-state index is -1.04. The Balaban J connectivity index is 1.44. The molecule has 2 saturated carbocycles. The van der Waals surface area contributed by atoms with Crippen LogP contribution in [0.25, 0.3) is 0 Å². The topological polar surface area (TPSA) is 63.7 Å². The third kappa shape index (κ3) is 2.96. The molecule has 4 rings (SSSR count). The standard InChI is InChI=1S/C20H25ClN2O3/c1-12-2-5-15(21)11-16(12)22-6-8-23(9-7-22)19(24)17-13-3-4-14(10-13)18(17)20(25)26/h2,5,11,13-14,17-18H,3-4,6-10H2,1H3,(H,25,26)/p-1/t13-,14+,17+,18+/m1/s1. The monoisotopic (exact) mass is 375 g/mol. The van der Waals surface area contributed by atoms with Gasteiger partial charge in [-0.3, -0.25) is 4.79 Å². The van der Waals surface area contributed by atoms with E-state index < -0.39 is 11.9 Å². The first kappa shape index (κ1) is 17.7. The first-order valence-corrected chi connectivity index (χ1v) is 9.84. The lowest BCUT2D eigenvalue weighted by molar-refractivity contribution is -0.314. The molecule has 5 nitrogen and oxygen atoms in total. The summed E-state index contributed by atoms with van der Waals surface area (Å²) in [4.78, 5) is 28.8. The van der Waals surface area contributed by atoms with Crippen molar-refractivity contribution < 1.29 is 14.7 Å². The smallest absolute Gasteiger partial charge is 0.226 e. The van der Waals surface area contributed by atoms with Gasteiger partial charge < -0.3 is 19.7 Å². The van der Waals surface area contributed by atoms with Crippen LogP contribution in [-0.4, -0.2) is 43.0 Å². The fourth-order valence-corrected chi connectivity index (χ4v) is 5.45.